The Morgan fingerprint density at radius 3 is 2.74 bits per heavy atom. The summed E-state index contributed by atoms with van der Waals surface area (Å²) in [7, 11) is -3.41. The summed E-state index contributed by atoms with van der Waals surface area (Å²) in [6.07, 6.45) is 3.05. The summed E-state index contributed by atoms with van der Waals surface area (Å²) >= 11 is 11.7. The molecule has 1 heterocycles. The number of rotatable bonds is 4. The molecule has 1 fully saturated rings. The van der Waals surface area contributed by atoms with Crippen LogP contribution in [0, 0.1) is 0 Å². The molecule has 4 nitrogen and oxygen atoms in total. The third-order valence-electron chi connectivity index (χ3n) is 3.03. The van der Waals surface area contributed by atoms with Crippen molar-refractivity contribution in [2.24, 2.45) is 0 Å². The molecular weight excluding hydrogens is 307 g/mol. The molecule has 19 heavy (non-hydrogen) atoms. The molecule has 106 valence electrons. The number of hydrogen-bond donors (Lipinski definition) is 2. The van der Waals surface area contributed by atoms with Crippen LogP contribution in [0.1, 0.15) is 19.3 Å². The average Bonchev–Trinajstić information content (AvgIpc) is 2.33. The molecule has 0 amide bonds. The van der Waals surface area contributed by atoms with Crippen LogP contribution in [-0.4, -0.2) is 26.8 Å². The number of hydrogen-bond acceptors (Lipinski definition) is 3. The van der Waals surface area contributed by atoms with Gasteiger partial charge in [0.1, 0.15) is 0 Å². The van der Waals surface area contributed by atoms with Gasteiger partial charge in [0.05, 0.1) is 16.5 Å². The number of nitrogens with one attached hydrogen (secondary N) is 2. The highest BCUT2D eigenvalue weighted by Crippen LogP contribution is 2.26. The van der Waals surface area contributed by atoms with Gasteiger partial charge in [0.25, 0.3) is 0 Å². The Kier molecular flexibility index (Phi) is 4.95. The average molecular weight is 323 g/mol. The summed E-state index contributed by atoms with van der Waals surface area (Å²) in [5, 5.41) is 3.98. The Bertz CT molecular complexity index is 543. The molecule has 2 N–H and O–H groups in total. The monoisotopic (exact) mass is 322 g/mol. The van der Waals surface area contributed by atoms with E-state index >= 15 is 0 Å². The van der Waals surface area contributed by atoms with Crippen LogP contribution in [0.15, 0.2) is 18.2 Å². The predicted octanol–water partition coefficient (Wildman–Crippen LogP) is 2.88. The van der Waals surface area contributed by atoms with E-state index in [4.69, 9.17) is 23.2 Å². The highest BCUT2D eigenvalue weighted by molar-refractivity contribution is 7.92. The van der Waals surface area contributed by atoms with Crippen LogP contribution in [0.25, 0.3) is 0 Å². The van der Waals surface area contributed by atoms with Crippen LogP contribution in [-0.2, 0) is 10.0 Å². The second-order valence-electron chi connectivity index (χ2n) is 4.65. The van der Waals surface area contributed by atoms with E-state index in [9.17, 15) is 8.42 Å². The maximum atomic E-state index is 12.1. The molecule has 0 aliphatic carbocycles. The second-order valence-corrected chi connectivity index (χ2v) is 7.27. The van der Waals surface area contributed by atoms with E-state index in [0.717, 1.165) is 25.8 Å². The minimum Gasteiger partial charge on any atom is -0.313 e. The number of anilines is 1. The molecule has 0 radical (unpaired) electrons. The molecular formula is C12H16Cl2N2O2S. The second kappa shape index (κ2) is 6.31. The number of piperidine rings is 1. The molecule has 1 aliphatic rings. The van der Waals surface area contributed by atoms with Crippen molar-refractivity contribution in [1.29, 1.82) is 0 Å². The number of benzene rings is 1. The Morgan fingerprint density at radius 1 is 1.32 bits per heavy atom. The highest BCUT2D eigenvalue weighted by atomic mass is 35.5. The van der Waals surface area contributed by atoms with E-state index in [2.05, 4.69) is 10.0 Å². The maximum Gasteiger partial charge on any atom is 0.234 e. The van der Waals surface area contributed by atoms with Gasteiger partial charge in [-0.25, -0.2) is 8.42 Å². The summed E-state index contributed by atoms with van der Waals surface area (Å²) in [4.78, 5) is 0. The topological polar surface area (TPSA) is 58.2 Å². The first kappa shape index (κ1) is 14.9. The predicted molar refractivity (Wildman–Crippen MR) is 79.5 cm³/mol. The molecule has 0 bridgehead atoms. The molecule has 2 rings (SSSR count). The van der Waals surface area contributed by atoms with Crippen molar-refractivity contribution in [1.82, 2.24) is 5.32 Å². The van der Waals surface area contributed by atoms with Gasteiger partial charge in [0, 0.05) is 11.1 Å². The Labute approximate surface area is 123 Å². The summed E-state index contributed by atoms with van der Waals surface area (Å²) in [5.74, 6) is 0.0615. The van der Waals surface area contributed by atoms with Gasteiger partial charge in [-0.2, -0.15) is 0 Å². The van der Waals surface area contributed by atoms with Gasteiger partial charge in [0.15, 0.2) is 0 Å². The highest BCUT2D eigenvalue weighted by Gasteiger charge is 2.21. The van der Waals surface area contributed by atoms with Gasteiger partial charge in [-0.15, -0.1) is 0 Å². The van der Waals surface area contributed by atoms with Gasteiger partial charge < -0.3 is 5.32 Å². The van der Waals surface area contributed by atoms with Crippen molar-refractivity contribution < 1.29 is 8.42 Å². The van der Waals surface area contributed by atoms with Crippen LogP contribution >= 0.6 is 23.2 Å². The smallest absolute Gasteiger partial charge is 0.234 e. The molecule has 1 aromatic carbocycles. The van der Waals surface area contributed by atoms with Gasteiger partial charge in [-0.3, -0.25) is 4.72 Å². The first-order valence-electron chi connectivity index (χ1n) is 6.15. The number of halogens is 2. The first-order valence-corrected chi connectivity index (χ1v) is 8.56. The van der Waals surface area contributed by atoms with Crippen molar-refractivity contribution in [3.63, 3.8) is 0 Å². The van der Waals surface area contributed by atoms with Gasteiger partial charge in [-0.1, -0.05) is 29.6 Å². The lowest BCUT2D eigenvalue weighted by Gasteiger charge is -2.23. The first-order chi connectivity index (χ1) is 8.96. The van der Waals surface area contributed by atoms with Crippen LogP contribution in [0.3, 0.4) is 0 Å². The Morgan fingerprint density at radius 2 is 2.11 bits per heavy atom. The van der Waals surface area contributed by atoms with Crippen LogP contribution in [0.5, 0.6) is 0 Å². The molecule has 1 aliphatic heterocycles. The van der Waals surface area contributed by atoms with E-state index in [-0.39, 0.29) is 11.8 Å². The zero-order valence-corrected chi connectivity index (χ0v) is 12.7. The zero-order valence-electron chi connectivity index (χ0n) is 10.3. The lowest BCUT2D eigenvalue weighted by Crippen LogP contribution is -2.40. The normalized spacial score (nSPS) is 20.2. The largest absolute Gasteiger partial charge is 0.313 e. The van der Waals surface area contributed by atoms with E-state index in [1.165, 1.54) is 6.07 Å². The van der Waals surface area contributed by atoms with Crippen LogP contribution < -0.4 is 10.0 Å². The lowest BCUT2D eigenvalue weighted by molar-refractivity contribution is 0.424. The molecule has 7 heteroatoms. The quantitative estimate of drug-likeness (QED) is 0.896. The van der Waals surface area contributed by atoms with E-state index < -0.39 is 10.0 Å². The third kappa shape index (κ3) is 4.53. The van der Waals surface area contributed by atoms with Crippen molar-refractivity contribution in [3.8, 4) is 0 Å². The van der Waals surface area contributed by atoms with Crippen LogP contribution in [0.4, 0.5) is 5.69 Å². The summed E-state index contributed by atoms with van der Waals surface area (Å²) in [6.45, 7) is 0.877. The SMILES string of the molecule is O=S(=O)(CC1CCCCN1)Nc1ccc(Cl)cc1Cl. The van der Waals surface area contributed by atoms with Crippen molar-refractivity contribution >= 4 is 38.9 Å². The summed E-state index contributed by atoms with van der Waals surface area (Å²) < 4.78 is 26.6. The molecule has 0 spiro atoms. The van der Waals surface area contributed by atoms with Crippen molar-refractivity contribution in [2.75, 3.05) is 17.0 Å². The standard InChI is InChI=1S/C12H16Cl2N2O2S/c13-9-4-5-12(11(14)7-9)16-19(17,18)8-10-3-1-2-6-15-10/h4-5,7,10,15-16H,1-3,6,8H2. The maximum absolute atomic E-state index is 12.1. The minimum atomic E-state index is -3.41. The molecule has 1 aromatic rings. The lowest BCUT2D eigenvalue weighted by atomic mass is 10.1. The Hall–Kier alpha value is -0.490. The van der Waals surface area contributed by atoms with E-state index in [0.29, 0.717) is 15.7 Å². The third-order valence-corrected chi connectivity index (χ3v) is 4.95. The van der Waals surface area contributed by atoms with Crippen molar-refractivity contribution in [3.05, 3.63) is 28.2 Å². The zero-order chi connectivity index (χ0) is 13.9. The van der Waals surface area contributed by atoms with Crippen molar-refractivity contribution in [2.45, 2.75) is 25.3 Å². The number of sulfonamides is 1. The van der Waals surface area contributed by atoms with Gasteiger partial charge in [-0.05, 0) is 37.6 Å². The fourth-order valence-electron chi connectivity index (χ4n) is 2.11. The fourth-order valence-corrected chi connectivity index (χ4v) is 4.03. The Balaban J connectivity index is 2.03. The fraction of sp³-hybridized carbons (Fsp3) is 0.500. The van der Waals surface area contributed by atoms with E-state index in [1.807, 2.05) is 0 Å². The van der Waals surface area contributed by atoms with Crippen LogP contribution in [0.2, 0.25) is 10.0 Å². The summed E-state index contributed by atoms with van der Waals surface area (Å²) in [6, 6.07) is 4.69. The molecule has 1 unspecified atom stereocenters. The molecule has 1 atom stereocenters. The molecule has 0 saturated carbocycles. The van der Waals surface area contributed by atoms with E-state index in [1.54, 1.807) is 12.1 Å². The minimum absolute atomic E-state index is 0.0114. The molecule has 1 saturated heterocycles. The van der Waals surface area contributed by atoms with Gasteiger partial charge >= 0.3 is 0 Å². The molecule has 0 aromatic heterocycles. The summed E-state index contributed by atoms with van der Waals surface area (Å²) in [5.41, 5.74) is 0.363. The van der Waals surface area contributed by atoms with Gasteiger partial charge in [0.2, 0.25) is 10.0 Å².